The lowest BCUT2D eigenvalue weighted by molar-refractivity contribution is 0.0746. The van der Waals surface area contributed by atoms with Crippen molar-refractivity contribution in [2.75, 3.05) is 31.1 Å². The molecule has 1 aliphatic heterocycles. The second kappa shape index (κ2) is 7.38. The van der Waals surface area contributed by atoms with E-state index in [4.69, 9.17) is 0 Å². The lowest BCUT2D eigenvalue weighted by Gasteiger charge is -2.34. The van der Waals surface area contributed by atoms with E-state index in [0.29, 0.717) is 26.2 Å². The molecule has 1 amide bonds. The molecule has 1 N–H and O–H groups in total. The summed E-state index contributed by atoms with van der Waals surface area (Å²) in [6.45, 7) is 2.00. The summed E-state index contributed by atoms with van der Waals surface area (Å²) in [5.74, 6) is -1.90. The second-order valence-corrected chi connectivity index (χ2v) is 6.55. The van der Waals surface area contributed by atoms with Crippen molar-refractivity contribution in [2.24, 2.45) is 0 Å². The van der Waals surface area contributed by atoms with Crippen molar-refractivity contribution in [3.05, 3.63) is 71.5 Å². The molecule has 1 aliphatic rings. The quantitative estimate of drug-likeness (QED) is 0.750. The first-order valence-corrected chi connectivity index (χ1v) is 8.82. The minimum atomic E-state index is -1.03. The zero-order valence-corrected chi connectivity index (χ0v) is 14.8. The maximum Gasteiger partial charge on any atom is 0.254 e. The number of halogens is 3. The Morgan fingerprint density at radius 2 is 1.61 bits per heavy atom. The van der Waals surface area contributed by atoms with Gasteiger partial charge in [0.25, 0.3) is 5.91 Å². The first-order chi connectivity index (χ1) is 13.5. The second-order valence-electron chi connectivity index (χ2n) is 6.55. The Hall–Kier alpha value is -3.29. The molecule has 2 aromatic carbocycles. The molecule has 28 heavy (non-hydrogen) atoms. The Balaban J connectivity index is 1.41. The van der Waals surface area contributed by atoms with Crippen molar-refractivity contribution < 1.29 is 18.0 Å². The van der Waals surface area contributed by atoms with Crippen LogP contribution in [0.2, 0.25) is 0 Å². The van der Waals surface area contributed by atoms with E-state index in [1.54, 1.807) is 17.0 Å². The third-order valence-electron chi connectivity index (χ3n) is 4.78. The Bertz CT molecular complexity index is 995. The van der Waals surface area contributed by atoms with Crippen LogP contribution >= 0.6 is 0 Å². The number of aromatic nitrogens is 2. The number of amides is 1. The highest BCUT2D eigenvalue weighted by Crippen LogP contribution is 2.23. The number of hydrogen-bond donors (Lipinski definition) is 1. The van der Waals surface area contributed by atoms with Crippen LogP contribution in [-0.4, -0.2) is 47.2 Å². The van der Waals surface area contributed by atoms with Gasteiger partial charge in [-0.2, -0.15) is 5.10 Å². The predicted molar refractivity (Wildman–Crippen MR) is 98.5 cm³/mol. The number of carbonyl (C=O) groups is 1. The molecule has 5 nitrogen and oxygen atoms in total. The van der Waals surface area contributed by atoms with Crippen molar-refractivity contribution in [2.45, 2.75) is 0 Å². The molecular formula is C20H17F3N4O. The summed E-state index contributed by atoms with van der Waals surface area (Å²) in [6.07, 6.45) is 0. The Morgan fingerprint density at radius 1 is 0.893 bits per heavy atom. The van der Waals surface area contributed by atoms with Gasteiger partial charge in [0.2, 0.25) is 0 Å². The van der Waals surface area contributed by atoms with Gasteiger partial charge in [-0.15, -0.1) is 0 Å². The predicted octanol–water partition coefficient (Wildman–Crippen LogP) is 3.46. The fourth-order valence-corrected chi connectivity index (χ4v) is 3.20. The van der Waals surface area contributed by atoms with E-state index in [9.17, 15) is 18.0 Å². The maximum atomic E-state index is 13.4. The molecule has 0 atom stereocenters. The van der Waals surface area contributed by atoms with Gasteiger partial charge >= 0.3 is 0 Å². The molecule has 1 aromatic heterocycles. The van der Waals surface area contributed by atoms with Crippen molar-refractivity contribution in [3.8, 4) is 11.3 Å². The van der Waals surface area contributed by atoms with E-state index >= 15 is 0 Å². The molecule has 0 bridgehead atoms. The SMILES string of the molecule is O=C(c1ccc(F)c(F)c1)N1CCN(c2cc(-c3ccc(F)cc3)[nH]n2)CC1. The van der Waals surface area contributed by atoms with Crippen LogP contribution < -0.4 is 4.90 Å². The van der Waals surface area contributed by atoms with Gasteiger partial charge in [0, 0.05) is 37.8 Å². The maximum absolute atomic E-state index is 13.4. The molecule has 2 heterocycles. The first-order valence-electron chi connectivity index (χ1n) is 8.82. The molecule has 4 rings (SSSR count). The van der Waals surface area contributed by atoms with Gasteiger partial charge in [0.15, 0.2) is 17.5 Å². The number of piperazine rings is 1. The van der Waals surface area contributed by atoms with Gasteiger partial charge in [0.1, 0.15) is 5.82 Å². The van der Waals surface area contributed by atoms with Crippen molar-refractivity contribution in [3.63, 3.8) is 0 Å². The highest BCUT2D eigenvalue weighted by Gasteiger charge is 2.24. The minimum absolute atomic E-state index is 0.130. The summed E-state index contributed by atoms with van der Waals surface area (Å²) < 4.78 is 39.5. The number of aromatic amines is 1. The minimum Gasteiger partial charge on any atom is -0.352 e. The van der Waals surface area contributed by atoms with Gasteiger partial charge < -0.3 is 9.80 Å². The Kier molecular flexibility index (Phi) is 4.77. The molecule has 8 heteroatoms. The summed E-state index contributed by atoms with van der Waals surface area (Å²) in [7, 11) is 0. The van der Waals surface area contributed by atoms with E-state index in [1.807, 2.05) is 11.0 Å². The number of benzene rings is 2. The standard InChI is InChI=1S/C20H17F3N4O/c21-15-4-1-13(2-5-15)18-12-19(25-24-18)26-7-9-27(10-8-26)20(28)14-3-6-16(22)17(23)11-14/h1-6,11-12H,7-10H2,(H,24,25). The van der Waals surface area contributed by atoms with Crippen LogP contribution in [0.25, 0.3) is 11.3 Å². The van der Waals surface area contributed by atoms with Gasteiger partial charge in [0.05, 0.1) is 5.69 Å². The lowest BCUT2D eigenvalue weighted by Crippen LogP contribution is -2.49. The average molecular weight is 386 g/mol. The summed E-state index contributed by atoms with van der Waals surface area (Å²) in [5, 5.41) is 7.24. The number of hydrogen-bond acceptors (Lipinski definition) is 3. The van der Waals surface area contributed by atoms with Crippen LogP contribution in [0.4, 0.5) is 19.0 Å². The van der Waals surface area contributed by atoms with Crippen molar-refractivity contribution in [1.29, 1.82) is 0 Å². The number of rotatable bonds is 3. The third kappa shape index (κ3) is 3.58. The van der Waals surface area contributed by atoms with Gasteiger partial charge in [-0.3, -0.25) is 9.89 Å². The van der Waals surface area contributed by atoms with Crippen LogP contribution in [0.15, 0.2) is 48.5 Å². The highest BCUT2D eigenvalue weighted by atomic mass is 19.2. The summed E-state index contributed by atoms with van der Waals surface area (Å²) in [4.78, 5) is 16.1. The van der Waals surface area contributed by atoms with Gasteiger partial charge in [-0.25, -0.2) is 13.2 Å². The molecule has 0 spiro atoms. The monoisotopic (exact) mass is 386 g/mol. The molecule has 0 radical (unpaired) electrons. The number of carbonyl (C=O) groups excluding carboxylic acids is 1. The zero-order valence-electron chi connectivity index (χ0n) is 14.8. The normalized spacial score (nSPS) is 14.4. The number of nitrogens with zero attached hydrogens (tertiary/aromatic N) is 3. The molecular weight excluding hydrogens is 369 g/mol. The van der Waals surface area contributed by atoms with E-state index in [0.717, 1.165) is 29.2 Å². The highest BCUT2D eigenvalue weighted by molar-refractivity contribution is 5.94. The molecule has 0 aliphatic carbocycles. The van der Waals surface area contributed by atoms with Crippen LogP contribution in [-0.2, 0) is 0 Å². The molecule has 0 unspecified atom stereocenters. The zero-order chi connectivity index (χ0) is 19.7. The Morgan fingerprint density at radius 3 is 2.29 bits per heavy atom. The number of H-pyrrole nitrogens is 1. The van der Waals surface area contributed by atoms with Crippen molar-refractivity contribution >= 4 is 11.7 Å². The lowest BCUT2D eigenvalue weighted by atomic mass is 10.1. The van der Waals surface area contributed by atoms with Crippen LogP contribution in [0.5, 0.6) is 0 Å². The average Bonchev–Trinajstić information content (AvgIpc) is 3.20. The van der Waals surface area contributed by atoms with Gasteiger partial charge in [-0.1, -0.05) is 0 Å². The number of anilines is 1. The number of nitrogens with one attached hydrogen (secondary N) is 1. The van der Waals surface area contributed by atoms with Crippen molar-refractivity contribution in [1.82, 2.24) is 15.1 Å². The topological polar surface area (TPSA) is 52.2 Å². The molecule has 144 valence electrons. The van der Waals surface area contributed by atoms with Crippen LogP contribution in [0.1, 0.15) is 10.4 Å². The summed E-state index contributed by atoms with van der Waals surface area (Å²) >= 11 is 0. The van der Waals surface area contributed by atoms with Crippen LogP contribution in [0.3, 0.4) is 0 Å². The van der Waals surface area contributed by atoms with E-state index in [2.05, 4.69) is 10.2 Å². The van der Waals surface area contributed by atoms with E-state index in [1.165, 1.54) is 18.2 Å². The summed E-state index contributed by atoms with van der Waals surface area (Å²) in [5.41, 5.74) is 1.73. The van der Waals surface area contributed by atoms with E-state index in [-0.39, 0.29) is 17.3 Å². The van der Waals surface area contributed by atoms with Gasteiger partial charge in [-0.05, 0) is 48.0 Å². The molecule has 0 saturated carbocycles. The van der Waals surface area contributed by atoms with E-state index < -0.39 is 11.6 Å². The molecule has 1 saturated heterocycles. The Labute approximate surface area is 159 Å². The largest absolute Gasteiger partial charge is 0.352 e. The third-order valence-corrected chi connectivity index (χ3v) is 4.78. The van der Waals surface area contributed by atoms with Crippen LogP contribution in [0, 0.1) is 17.5 Å². The molecule has 3 aromatic rings. The molecule has 1 fully saturated rings. The first kappa shape index (κ1) is 18.1. The smallest absolute Gasteiger partial charge is 0.254 e. The fraction of sp³-hybridized carbons (Fsp3) is 0.200. The summed E-state index contributed by atoms with van der Waals surface area (Å²) in [6, 6.07) is 11.2. The fourth-order valence-electron chi connectivity index (χ4n) is 3.20.